The van der Waals surface area contributed by atoms with Gasteiger partial charge < -0.3 is 16.0 Å². The molecule has 36 heavy (non-hydrogen) atoms. The molecule has 4 rings (SSSR count). The van der Waals surface area contributed by atoms with Crippen molar-refractivity contribution in [1.82, 2.24) is 10.2 Å². The van der Waals surface area contributed by atoms with Crippen molar-refractivity contribution in [1.29, 1.82) is 0 Å². The maximum absolute atomic E-state index is 13.7. The van der Waals surface area contributed by atoms with Gasteiger partial charge >= 0.3 is 6.18 Å². The van der Waals surface area contributed by atoms with Gasteiger partial charge in [-0.05, 0) is 92.6 Å². The summed E-state index contributed by atoms with van der Waals surface area (Å²) in [5.41, 5.74) is 4.05. The molecular formula is C26H28F5N3O2. The Labute approximate surface area is 205 Å². The van der Waals surface area contributed by atoms with Crippen molar-refractivity contribution in [2.24, 2.45) is 11.1 Å². The van der Waals surface area contributed by atoms with Gasteiger partial charge in [0.05, 0.1) is 5.56 Å². The van der Waals surface area contributed by atoms with Crippen LogP contribution in [0.5, 0.6) is 0 Å². The minimum Gasteiger partial charge on any atom is -0.369 e. The van der Waals surface area contributed by atoms with Crippen molar-refractivity contribution in [3.63, 3.8) is 0 Å². The van der Waals surface area contributed by atoms with Crippen molar-refractivity contribution in [3.8, 4) is 0 Å². The van der Waals surface area contributed by atoms with E-state index >= 15 is 0 Å². The van der Waals surface area contributed by atoms with Gasteiger partial charge in [-0.3, -0.25) is 9.59 Å². The lowest BCUT2D eigenvalue weighted by atomic mass is 9.83. The van der Waals surface area contributed by atoms with E-state index in [0.29, 0.717) is 18.4 Å². The molecule has 194 valence electrons. The van der Waals surface area contributed by atoms with Crippen LogP contribution in [0.1, 0.15) is 54.7 Å². The highest BCUT2D eigenvalue weighted by molar-refractivity contribution is 6.04. The number of hydrogen-bond donors (Lipinski definition) is 2. The number of benzene rings is 2. The van der Waals surface area contributed by atoms with Crippen LogP contribution in [0.3, 0.4) is 0 Å². The van der Waals surface area contributed by atoms with Crippen LogP contribution in [0.2, 0.25) is 0 Å². The van der Waals surface area contributed by atoms with Gasteiger partial charge in [0.2, 0.25) is 11.8 Å². The van der Waals surface area contributed by atoms with E-state index in [2.05, 4.69) is 10.2 Å². The zero-order valence-electron chi connectivity index (χ0n) is 19.6. The Bertz CT molecular complexity index is 1110. The molecule has 1 heterocycles. The predicted molar refractivity (Wildman–Crippen MR) is 122 cm³/mol. The highest BCUT2D eigenvalue weighted by Gasteiger charge is 2.51. The number of nitrogens with one attached hydrogen (secondary N) is 1. The molecule has 2 aromatic rings. The quantitative estimate of drug-likeness (QED) is 0.445. The average Bonchev–Trinajstić information content (AvgIpc) is 3.29. The van der Waals surface area contributed by atoms with E-state index in [0.717, 1.165) is 43.6 Å². The SMILES string of the molecule is NC(=O)C1(C(=O)NCc2cc(F)cc(C(F)(F)F)c2)CCC(N2CCC(c3ccc(F)cc3)CC2)C1. The summed E-state index contributed by atoms with van der Waals surface area (Å²) in [6.45, 7) is 1.15. The molecule has 2 unspecified atom stereocenters. The first-order valence-corrected chi connectivity index (χ1v) is 11.9. The maximum Gasteiger partial charge on any atom is 0.416 e. The maximum atomic E-state index is 13.7. The zero-order chi connectivity index (χ0) is 26.1. The molecular weight excluding hydrogens is 481 g/mol. The topological polar surface area (TPSA) is 75.4 Å². The summed E-state index contributed by atoms with van der Waals surface area (Å²) in [5.74, 6) is -2.47. The van der Waals surface area contributed by atoms with E-state index in [4.69, 9.17) is 5.73 Å². The van der Waals surface area contributed by atoms with E-state index in [9.17, 15) is 31.5 Å². The van der Waals surface area contributed by atoms with Crippen molar-refractivity contribution in [2.45, 2.75) is 56.8 Å². The summed E-state index contributed by atoms with van der Waals surface area (Å²) in [4.78, 5) is 27.7. The number of primary amides is 1. The van der Waals surface area contributed by atoms with Crippen LogP contribution in [0.15, 0.2) is 42.5 Å². The third kappa shape index (κ3) is 5.53. The molecule has 2 fully saturated rings. The Morgan fingerprint density at radius 2 is 1.67 bits per heavy atom. The highest BCUT2D eigenvalue weighted by atomic mass is 19.4. The van der Waals surface area contributed by atoms with Crippen LogP contribution in [-0.2, 0) is 22.3 Å². The largest absolute Gasteiger partial charge is 0.416 e. The van der Waals surface area contributed by atoms with Crippen LogP contribution in [0, 0.1) is 17.0 Å². The lowest BCUT2D eigenvalue weighted by Gasteiger charge is -2.37. The normalized spacial score (nSPS) is 23.5. The van der Waals surface area contributed by atoms with Crippen LogP contribution in [0.4, 0.5) is 22.0 Å². The number of carbonyl (C=O) groups is 2. The number of likely N-dealkylation sites (tertiary alicyclic amines) is 1. The molecule has 2 aliphatic rings. The van der Waals surface area contributed by atoms with E-state index in [-0.39, 0.29) is 36.8 Å². The number of carbonyl (C=O) groups excluding carboxylic acids is 2. The molecule has 5 nitrogen and oxygen atoms in total. The van der Waals surface area contributed by atoms with Gasteiger partial charge in [0, 0.05) is 12.6 Å². The number of piperidine rings is 1. The van der Waals surface area contributed by atoms with E-state index in [1.165, 1.54) is 12.1 Å². The highest BCUT2D eigenvalue weighted by Crippen LogP contribution is 2.42. The summed E-state index contributed by atoms with van der Waals surface area (Å²) in [7, 11) is 0. The summed E-state index contributed by atoms with van der Waals surface area (Å²) < 4.78 is 65.8. The first kappa shape index (κ1) is 26.1. The Morgan fingerprint density at radius 3 is 2.28 bits per heavy atom. The Morgan fingerprint density at radius 1 is 1.00 bits per heavy atom. The number of halogens is 5. The van der Waals surface area contributed by atoms with Gasteiger partial charge in [-0.25, -0.2) is 8.78 Å². The molecule has 0 aromatic heterocycles. The minimum atomic E-state index is -4.72. The Kier molecular flexibility index (Phi) is 7.36. The standard InChI is InChI=1S/C26H28F5N3O2/c27-20-3-1-17(2-4-20)18-6-9-34(10-7-18)22-5-8-25(14-22,23(32)35)24(36)33-15-16-11-19(26(29,30)31)13-21(28)12-16/h1-4,11-13,18,22H,5-10,14-15H2,(H2,32,35)(H,33,36). The second-order valence-electron chi connectivity index (χ2n) is 9.73. The third-order valence-corrected chi connectivity index (χ3v) is 7.52. The number of nitrogens with two attached hydrogens (primary N) is 1. The number of amides is 2. The van der Waals surface area contributed by atoms with Crippen molar-refractivity contribution < 1.29 is 31.5 Å². The molecule has 2 aromatic carbocycles. The lowest BCUT2D eigenvalue weighted by Crippen LogP contribution is -2.49. The number of nitrogens with zero attached hydrogens (tertiary/aromatic N) is 1. The fourth-order valence-corrected chi connectivity index (χ4v) is 5.47. The van der Waals surface area contributed by atoms with Crippen LogP contribution in [-0.4, -0.2) is 35.8 Å². The first-order valence-electron chi connectivity index (χ1n) is 11.9. The van der Waals surface area contributed by atoms with Crippen LogP contribution >= 0.6 is 0 Å². The molecule has 3 N–H and O–H groups in total. The van der Waals surface area contributed by atoms with E-state index < -0.39 is 34.8 Å². The summed E-state index contributed by atoms with van der Waals surface area (Å²) in [6.07, 6.45) is -1.98. The minimum absolute atomic E-state index is 0.0385. The predicted octanol–water partition coefficient (Wildman–Crippen LogP) is 4.50. The van der Waals surface area contributed by atoms with Gasteiger partial charge in [-0.1, -0.05) is 12.1 Å². The summed E-state index contributed by atoms with van der Waals surface area (Å²) >= 11 is 0. The summed E-state index contributed by atoms with van der Waals surface area (Å²) in [6, 6.07) is 8.52. The molecule has 1 saturated heterocycles. The molecule has 2 atom stereocenters. The van der Waals surface area contributed by atoms with E-state index in [1.807, 2.05) is 0 Å². The van der Waals surface area contributed by atoms with Gasteiger partial charge in [0.1, 0.15) is 17.0 Å². The van der Waals surface area contributed by atoms with Crippen LogP contribution < -0.4 is 11.1 Å². The number of alkyl halides is 3. The fraction of sp³-hybridized carbons (Fsp3) is 0.462. The van der Waals surface area contributed by atoms with Crippen LogP contribution in [0.25, 0.3) is 0 Å². The second-order valence-corrected chi connectivity index (χ2v) is 9.73. The first-order chi connectivity index (χ1) is 17.0. The molecule has 0 bridgehead atoms. The average molecular weight is 510 g/mol. The molecule has 1 aliphatic carbocycles. The van der Waals surface area contributed by atoms with E-state index in [1.54, 1.807) is 12.1 Å². The fourth-order valence-electron chi connectivity index (χ4n) is 5.47. The molecule has 0 spiro atoms. The third-order valence-electron chi connectivity index (χ3n) is 7.52. The lowest BCUT2D eigenvalue weighted by molar-refractivity contribution is -0.142. The summed E-state index contributed by atoms with van der Waals surface area (Å²) in [5, 5.41) is 2.50. The second kappa shape index (κ2) is 10.2. The monoisotopic (exact) mass is 509 g/mol. The molecule has 1 aliphatic heterocycles. The number of hydrogen-bond acceptors (Lipinski definition) is 3. The Hall–Kier alpha value is -3.01. The Balaban J connectivity index is 1.38. The number of rotatable bonds is 6. The molecule has 10 heteroatoms. The van der Waals surface area contributed by atoms with Gasteiger partial charge in [-0.15, -0.1) is 0 Å². The van der Waals surface area contributed by atoms with Gasteiger partial charge in [-0.2, -0.15) is 13.2 Å². The smallest absolute Gasteiger partial charge is 0.369 e. The van der Waals surface area contributed by atoms with Crippen molar-refractivity contribution >= 4 is 11.8 Å². The molecule has 1 saturated carbocycles. The molecule has 0 radical (unpaired) electrons. The van der Waals surface area contributed by atoms with Crippen molar-refractivity contribution in [3.05, 3.63) is 70.8 Å². The van der Waals surface area contributed by atoms with Gasteiger partial charge in [0.25, 0.3) is 0 Å². The zero-order valence-corrected chi connectivity index (χ0v) is 19.6. The molecule has 2 amide bonds. The van der Waals surface area contributed by atoms with Crippen molar-refractivity contribution in [2.75, 3.05) is 13.1 Å². The van der Waals surface area contributed by atoms with Gasteiger partial charge in [0.15, 0.2) is 0 Å².